The number of hydrogen-bond donors (Lipinski definition) is 1. The molecule has 3 heterocycles. The lowest BCUT2D eigenvalue weighted by molar-refractivity contribution is 0.232. The minimum atomic E-state index is 0.340. The van der Waals surface area contributed by atoms with Crippen LogP contribution in [0.4, 0.5) is 0 Å². The average molecular weight is 1940 g/mol. The van der Waals surface area contributed by atoms with Gasteiger partial charge < -0.3 is 14.6 Å². The molecule has 4 aliphatic carbocycles. The van der Waals surface area contributed by atoms with Crippen LogP contribution in [0.2, 0.25) is 0 Å². The van der Waals surface area contributed by atoms with Gasteiger partial charge in [-0.25, -0.2) is 0 Å². The molecule has 0 spiro atoms. The second-order valence-corrected chi connectivity index (χ2v) is 41.9. The van der Waals surface area contributed by atoms with E-state index in [1.807, 2.05) is 63.7 Å². The summed E-state index contributed by atoms with van der Waals surface area (Å²) in [6.07, 6.45) is 13.1. The molecular weight excluding hydrogens is 1750 g/mol. The van der Waals surface area contributed by atoms with Crippen molar-refractivity contribution in [2.24, 2.45) is 23.7 Å². The fraction of sp³-hybridized carbons (Fsp3) is 0.439. The highest BCUT2D eigenvalue weighted by molar-refractivity contribution is 8.00. The molecule has 20 rings (SSSR count). The molecule has 0 saturated carbocycles. The van der Waals surface area contributed by atoms with Crippen LogP contribution in [0, 0.1) is 23.7 Å². The third-order valence-corrected chi connectivity index (χ3v) is 32.3. The van der Waals surface area contributed by atoms with E-state index in [9.17, 15) is 0 Å². The van der Waals surface area contributed by atoms with Crippen LogP contribution >= 0.6 is 11.8 Å². The van der Waals surface area contributed by atoms with Crippen LogP contribution in [-0.4, -0.2) is 29.7 Å². The molecule has 20 atom stereocenters. The molecule has 0 fully saturated rings. The molecule has 0 amide bonds. The van der Waals surface area contributed by atoms with Crippen molar-refractivity contribution in [1.82, 2.24) is 0 Å². The lowest BCUT2D eigenvalue weighted by Crippen LogP contribution is -2.10. The van der Waals surface area contributed by atoms with E-state index in [1.54, 1.807) is 44.5 Å². The molecule has 20 unspecified atom stereocenters. The number of thioether (sulfide) groups is 1. The Labute approximate surface area is 880 Å². The van der Waals surface area contributed by atoms with Gasteiger partial charge in [-0.1, -0.05) is 528 Å². The molecule has 0 aromatic heterocycles. The first-order chi connectivity index (χ1) is 69.1. The van der Waals surface area contributed by atoms with Gasteiger partial charge in [-0.05, 0) is 268 Å². The molecule has 0 saturated heterocycles. The zero-order valence-corrected chi connectivity index (χ0v) is 95.6. The zero-order valence-electron chi connectivity index (χ0n) is 94.8. The number of aliphatic hydroxyl groups excluding tert-OH is 1. The first-order valence-corrected chi connectivity index (χ1v) is 56.3. The van der Waals surface area contributed by atoms with E-state index in [4.69, 9.17) is 14.6 Å². The van der Waals surface area contributed by atoms with E-state index in [-0.39, 0.29) is 0 Å². The maximum absolute atomic E-state index is 7.00. The highest BCUT2D eigenvalue weighted by atomic mass is 32.2. The first-order valence-electron chi connectivity index (χ1n) is 55.4. The quantitative estimate of drug-likeness (QED) is 0.132. The first kappa shape index (κ1) is 123. The van der Waals surface area contributed by atoms with Crippen molar-refractivity contribution in [1.29, 1.82) is 0 Å². The Morgan fingerprint density at radius 2 is 0.392 bits per heavy atom. The monoisotopic (exact) mass is 1940 g/mol. The van der Waals surface area contributed by atoms with Crippen LogP contribution in [0.3, 0.4) is 0 Å². The van der Waals surface area contributed by atoms with Gasteiger partial charge in [0.05, 0.1) is 0 Å². The predicted octanol–water partition coefficient (Wildman–Crippen LogP) is 41.2. The van der Waals surface area contributed by atoms with Crippen LogP contribution in [0.1, 0.15) is 418 Å². The van der Waals surface area contributed by atoms with Gasteiger partial charge in [0.2, 0.25) is 0 Å². The minimum absolute atomic E-state index is 0.340. The van der Waals surface area contributed by atoms with Crippen molar-refractivity contribution < 1.29 is 14.6 Å². The molecular formula is C139H192O3S. The maximum atomic E-state index is 7.00. The number of fused-ring (bicyclic) bond motifs is 7. The highest BCUT2D eigenvalue weighted by Gasteiger charge is 2.31. The predicted molar refractivity (Wildman–Crippen MR) is 633 cm³/mol. The van der Waals surface area contributed by atoms with Crippen molar-refractivity contribution in [3.63, 3.8) is 0 Å². The van der Waals surface area contributed by atoms with Crippen molar-refractivity contribution in [2.75, 3.05) is 7.11 Å². The summed E-state index contributed by atoms with van der Waals surface area (Å²) in [7, 11) is 1.00. The number of hydrogen-bond acceptors (Lipinski definition) is 4. The number of aliphatic hydroxyl groups is 1. The molecule has 4 heteroatoms. The summed E-state index contributed by atoms with van der Waals surface area (Å²) in [4.78, 5) is 1.48. The molecule has 772 valence electrons. The lowest BCUT2D eigenvalue weighted by Gasteiger charge is -2.08. The Morgan fingerprint density at radius 1 is 0.217 bits per heavy atom. The normalized spacial score (nSPS) is 20.8. The number of rotatable bonds is 12. The highest BCUT2D eigenvalue weighted by Crippen LogP contribution is 2.46. The van der Waals surface area contributed by atoms with Crippen molar-refractivity contribution in [3.8, 4) is 11.5 Å². The second kappa shape index (κ2) is 69.0. The van der Waals surface area contributed by atoms with E-state index >= 15 is 0 Å². The summed E-state index contributed by atoms with van der Waals surface area (Å²) in [5.74, 6) is 14.6. The molecule has 13 aromatic carbocycles. The van der Waals surface area contributed by atoms with E-state index in [2.05, 4.69) is 508 Å². The van der Waals surface area contributed by atoms with Crippen LogP contribution < -0.4 is 9.47 Å². The van der Waals surface area contributed by atoms with Gasteiger partial charge in [-0.3, -0.25) is 0 Å². The van der Waals surface area contributed by atoms with Crippen molar-refractivity contribution in [2.45, 2.75) is 371 Å². The molecule has 3 aliphatic heterocycles. The molecule has 0 radical (unpaired) electrons. The van der Waals surface area contributed by atoms with Crippen LogP contribution in [0.15, 0.2) is 357 Å². The molecule has 1 N–H and O–H groups in total. The molecule has 143 heavy (non-hydrogen) atoms. The van der Waals surface area contributed by atoms with E-state index in [0.29, 0.717) is 59.6 Å². The summed E-state index contributed by atoms with van der Waals surface area (Å²) in [5, 5.41) is 7.76. The van der Waals surface area contributed by atoms with Gasteiger partial charge in [0.1, 0.15) is 23.7 Å². The number of para-hydroxylation sites is 2. The van der Waals surface area contributed by atoms with Gasteiger partial charge in [-0.15, -0.1) is 11.8 Å². The van der Waals surface area contributed by atoms with Gasteiger partial charge in [0.25, 0.3) is 0 Å². The number of benzene rings is 13. The van der Waals surface area contributed by atoms with Crippen molar-refractivity contribution >= 4 is 11.8 Å². The third kappa shape index (κ3) is 40.3. The SMILES string of the molecule is CC.CC.CC1Cc2ccccc2C1C.CC1Cc2ccccc2C1C.CC1Cc2ccccc2C1C.CC1Cc2ccccc2C1C.CC1Oc2ccccc2C1C.CC1Oc2ccccc2C1C.CC1Sc2ccccc2C1C.CCC(C)c1ccccc1.CCC(C)c1ccccc1.CCC(C)c1ccccc1.CCC(C)c1ccccc1.CCC(C)c1ccccc1.CCC(C)c1ccccc1.CO. The van der Waals surface area contributed by atoms with Crippen LogP contribution in [-0.2, 0) is 25.7 Å². The Kier molecular flexibility index (Phi) is 59.4. The number of ether oxygens (including phenoxy) is 2. The summed E-state index contributed by atoms with van der Waals surface area (Å²) in [5.41, 5.74) is 25.4. The van der Waals surface area contributed by atoms with Crippen LogP contribution in [0.5, 0.6) is 11.5 Å². The Hall–Kier alpha value is -10.2. The van der Waals surface area contributed by atoms with Crippen molar-refractivity contribution in [3.05, 3.63) is 446 Å². The zero-order chi connectivity index (χ0) is 105. The lowest BCUT2D eigenvalue weighted by atomic mass is 9.97. The van der Waals surface area contributed by atoms with E-state index < -0.39 is 0 Å². The van der Waals surface area contributed by atoms with Gasteiger partial charge in [0.15, 0.2) is 0 Å². The molecule has 0 bridgehead atoms. The fourth-order valence-electron chi connectivity index (χ4n) is 18.6. The molecule has 13 aromatic rings. The summed E-state index contributed by atoms with van der Waals surface area (Å²) < 4.78 is 11.2. The van der Waals surface area contributed by atoms with E-state index in [0.717, 1.165) is 77.1 Å². The van der Waals surface area contributed by atoms with E-state index in [1.165, 1.54) is 119 Å². The second-order valence-electron chi connectivity index (χ2n) is 40.4. The maximum Gasteiger partial charge on any atom is 0.123 e. The third-order valence-electron chi connectivity index (χ3n) is 30.9. The Morgan fingerprint density at radius 3 is 0.580 bits per heavy atom. The Bertz CT molecular complexity index is 4500. The average Bonchev–Trinajstić information content (AvgIpc) is 1.71. The summed E-state index contributed by atoms with van der Waals surface area (Å²) >= 11 is 2.00. The Balaban J connectivity index is 0.000000272. The van der Waals surface area contributed by atoms with Gasteiger partial charge in [-0.2, -0.15) is 0 Å². The molecule has 7 aliphatic rings. The molecule has 3 nitrogen and oxygen atoms in total. The fourth-order valence-corrected chi connectivity index (χ4v) is 19.9. The largest absolute Gasteiger partial charge is 0.490 e. The smallest absolute Gasteiger partial charge is 0.123 e. The summed E-state index contributed by atoms with van der Waals surface area (Å²) in [6.45, 7) is 66.8. The van der Waals surface area contributed by atoms with Crippen LogP contribution in [0.25, 0.3) is 0 Å². The summed E-state index contributed by atoms with van der Waals surface area (Å²) in [6, 6.07) is 124. The minimum Gasteiger partial charge on any atom is -0.490 e. The van der Waals surface area contributed by atoms with Gasteiger partial charge >= 0.3 is 0 Å². The topological polar surface area (TPSA) is 38.7 Å². The standard InChI is InChI=1S/4C11H14.2C10H12O.C10H12S.6C10H14.2C2H6.CH4O/c4*1-8-7-10-5-3-4-6-11(10)9(8)2;3*1-7-8(2)11-10-6-4-3-5-9(7)10;6*1-3-9(2)10-7-5-4-6-8-10;3*1-2/h4*3-6,8-9H,7H2,1-2H3;3*3-8H,1-2H3;6*4-9H,3H2,1-2H3;2*1-2H3;2H,1H3. The van der Waals surface area contributed by atoms with Gasteiger partial charge in [0, 0.05) is 40.2 Å².